The minimum atomic E-state index is -0.870. The van der Waals surface area contributed by atoms with Gasteiger partial charge in [0.2, 0.25) is 0 Å². The van der Waals surface area contributed by atoms with E-state index in [1.165, 1.54) is 0 Å². The van der Waals surface area contributed by atoms with Gasteiger partial charge in [-0.15, -0.1) is 0 Å². The van der Waals surface area contributed by atoms with Crippen LogP contribution in [-0.2, 0) is 9.53 Å². The Bertz CT molecular complexity index is 877. The number of cyclic esters (lactones) is 1. The molecule has 2 aliphatic rings. The first-order valence-electron chi connectivity index (χ1n) is 10.1. The van der Waals surface area contributed by atoms with E-state index in [1.807, 2.05) is 37.4 Å². The number of carbonyl (C=O) groups excluding carboxylic acids is 1. The van der Waals surface area contributed by atoms with Gasteiger partial charge < -0.3 is 10.5 Å². The summed E-state index contributed by atoms with van der Waals surface area (Å²) in [5.41, 5.74) is 8.86. The average Bonchev–Trinajstić information content (AvgIpc) is 2.92. The maximum absolute atomic E-state index is 12.4. The molecule has 1 aliphatic carbocycles. The van der Waals surface area contributed by atoms with Crippen LogP contribution in [-0.4, -0.2) is 22.6 Å². The molecule has 28 heavy (non-hydrogen) atoms. The summed E-state index contributed by atoms with van der Waals surface area (Å²) in [5.74, 6) is 0.741. The Morgan fingerprint density at radius 3 is 2.54 bits per heavy atom. The van der Waals surface area contributed by atoms with Crippen LogP contribution in [0, 0.1) is 23.7 Å². The molecular weight excluding hydrogens is 348 g/mol. The number of fused-ring (bicyclic) bond motifs is 1. The van der Waals surface area contributed by atoms with Gasteiger partial charge in [-0.1, -0.05) is 56.3 Å². The molecule has 2 N–H and O–H groups in total. The van der Waals surface area contributed by atoms with Crippen LogP contribution >= 0.6 is 0 Å². The van der Waals surface area contributed by atoms with E-state index in [-0.39, 0.29) is 23.9 Å². The standard InChI is InChI=1S/C24H28N2O2/c1-15-13-24(25)22(17(3)28-23(24)27)21(16(15)2)12-11-20-10-9-19(14-26-20)18-7-5-4-6-8-18/h4-12,14-17,21-22H,13,25H2,1-3H3/t15-,16+,17+,21-,22-,24-/m0/s1. The van der Waals surface area contributed by atoms with Crippen molar-refractivity contribution in [2.24, 2.45) is 29.4 Å². The fourth-order valence-electron chi connectivity index (χ4n) is 5.02. The number of nitrogens with two attached hydrogens (primary N) is 1. The molecule has 6 atom stereocenters. The smallest absolute Gasteiger partial charge is 0.326 e. The molecule has 0 unspecified atom stereocenters. The van der Waals surface area contributed by atoms with Crippen molar-refractivity contribution in [2.45, 2.75) is 38.8 Å². The highest BCUT2D eigenvalue weighted by Crippen LogP contribution is 2.50. The third-order valence-corrected chi connectivity index (χ3v) is 6.74. The van der Waals surface area contributed by atoms with Crippen LogP contribution in [0.2, 0.25) is 0 Å². The van der Waals surface area contributed by atoms with Gasteiger partial charge in [0.25, 0.3) is 0 Å². The number of allylic oxidation sites excluding steroid dienone is 1. The van der Waals surface area contributed by atoms with E-state index in [1.54, 1.807) is 0 Å². The Labute approximate surface area is 166 Å². The monoisotopic (exact) mass is 376 g/mol. The highest BCUT2D eigenvalue weighted by atomic mass is 16.6. The second-order valence-electron chi connectivity index (χ2n) is 8.49. The number of esters is 1. The van der Waals surface area contributed by atoms with E-state index in [4.69, 9.17) is 10.5 Å². The molecule has 2 fully saturated rings. The Balaban J connectivity index is 1.58. The fraction of sp³-hybridized carbons (Fsp3) is 0.417. The summed E-state index contributed by atoms with van der Waals surface area (Å²) < 4.78 is 5.54. The first-order valence-corrected chi connectivity index (χ1v) is 10.1. The van der Waals surface area contributed by atoms with E-state index in [0.717, 1.165) is 16.8 Å². The number of nitrogens with zero attached hydrogens (tertiary/aromatic N) is 1. The molecule has 1 saturated carbocycles. The highest BCUT2D eigenvalue weighted by Gasteiger charge is 2.60. The average molecular weight is 377 g/mol. The number of pyridine rings is 1. The normalized spacial score (nSPS) is 35.0. The lowest BCUT2D eigenvalue weighted by molar-refractivity contribution is -0.145. The van der Waals surface area contributed by atoms with Gasteiger partial charge in [0, 0.05) is 17.7 Å². The number of ether oxygens (including phenoxy) is 1. The molecule has 4 heteroatoms. The molecule has 4 rings (SSSR count). The largest absolute Gasteiger partial charge is 0.461 e. The molecule has 2 heterocycles. The van der Waals surface area contributed by atoms with Gasteiger partial charge in [0.05, 0.1) is 5.69 Å². The summed E-state index contributed by atoms with van der Waals surface area (Å²) >= 11 is 0. The molecule has 0 bridgehead atoms. The van der Waals surface area contributed by atoms with Crippen molar-refractivity contribution in [1.82, 2.24) is 4.98 Å². The number of rotatable bonds is 3. The van der Waals surface area contributed by atoms with Crippen LogP contribution < -0.4 is 5.73 Å². The number of hydrogen-bond acceptors (Lipinski definition) is 4. The van der Waals surface area contributed by atoms with E-state index in [2.05, 4.69) is 49.2 Å². The number of carbonyl (C=O) groups is 1. The zero-order valence-corrected chi connectivity index (χ0v) is 16.7. The van der Waals surface area contributed by atoms with Gasteiger partial charge in [-0.25, -0.2) is 0 Å². The minimum Gasteiger partial charge on any atom is -0.461 e. The molecule has 146 valence electrons. The van der Waals surface area contributed by atoms with E-state index in [0.29, 0.717) is 18.3 Å². The van der Waals surface area contributed by atoms with Gasteiger partial charge in [-0.05, 0) is 48.8 Å². The lowest BCUT2D eigenvalue weighted by atomic mass is 9.59. The topological polar surface area (TPSA) is 65.2 Å². The van der Waals surface area contributed by atoms with E-state index < -0.39 is 5.54 Å². The fourth-order valence-corrected chi connectivity index (χ4v) is 5.02. The number of hydrogen-bond donors (Lipinski definition) is 1. The molecule has 1 aromatic carbocycles. The maximum atomic E-state index is 12.4. The molecular formula is C24H28N2O2. The molecule has 0 radical (unpaired) electrons. The summed E-state index contributed by atoms with van der Waals surface area (Å²) in [7, 11) is 0. The van der Waals surface area contributed by atoms with Gasteiger partial charge in [-0.3, -0.25) is 9.78 Å². The molecule has 0 spiro atoms. The Hall–Kier alpha value is -2.46. The quantitative estimate of drug-likeness (QED) is 0.811. The van der Waals surface area contributed by atoms with Gasteiger partial charge in [0.15, 0.2) is 0 Å². The maximum Gasteiger partial charge on any atom is 0.326 e. The third kappa shape index (κ3) is 3.16. The van der Waals surface area contributed by atoms with Crippen molar-refractivity contribution in [2.75, 3.05) is 0 Å². The molecule has 2 aromatic rings. The Kier molecular flexibility index (Phi) is 4.84. The van der Waals surface area contributed by atoms with Crippen LogP contribution in [0.1, 0.15) is 32.9 Å². The summed E-state index contributed by atoms with van der Waals surface area (Å²) in [5, 5.41) is 0. The van der Waals surface area contributed by atoms with Gasteiger partial charge in [-0.2, -0.15) is 0 Å². The van der Waals surface area contributed by atoms with Crippen molar-refractivity contribution in [3.8, 4) is 11.1 Å². The van der Waals surface area contributed by atoms with Crippen LogP contribution in [0.4, 0.5) is 0 Å². The summed E-state index contributed by atoms with van der Waals surface area (Å²) in [4.78, 5) is 17.0. The number of aromatic nitrogens is 1. The van der Waals surface area contributed by atoms with E-state index in [9.17, 15) is 4.79 Å². The minimum absolute atomic E-state index is 0.00559. The molecule has 1 aliphatic heterocycles. The van der Waals surface area contributed by atoms with Crippen LogP contribution in [0.25, 0.3) is 17.2 Å². The predicted molar refractivity (Wildman–Crippen MR) is 111 cm³/mol. The first-order chi connectivity index (χ1) is 13.4. The number of benzene rings is 1. The lowest BCUT2D eigenvalue weighted by Crippen LogP contribution is -2.58. The Morgan fingerprint density at radius 2 is 1.86 bits per heavy atom. The molecule has 1 aromatic heterocycles. The van der Waals surface area contributed by atoms with Crippen molar-refractivity contribution in [1.29, 1.82) is 0 Å². The molecule has 0 amide bonds. The lowest BCUT2D eigenvalue weighted by Gasteiger charge is -2.45. The second kappa shape index (κ2) is 7.17. The van der Waals surface area contributed by atoms with Crippen molar-refractivity contribution < 1.29 is 9.53 Å². The van der Waals surface area contributed by atoms with Crippen LogP contribution in [0.15, 0.2) is 54.7 Å². The summed E-state index contributed by atoms with van der Waals surface area (Å²) in [6.07, 6.45) is 6.69. The summed E-state index contributed by atoms with van der Waals surface area (Å²) in [6.45, 7) is 6.40. The van der Waals surface area contributed by atoms with Crippen molar-refractivity contribution >= 4 is 12.0 Å². The van der Waals surface area contributed by atoms with Crippen molar-refractivity contribution in [3.63, 3.8) is 0 Å². The SMILES string of the molecule is C[C@H]1[C@H](C=Cc2ccc(-c3ccccc3)cn2)[C@@H]2[C@@H](C)OC(=O)[C@]2(N)C[C@@H]1C. The van der Waals surface area contributed by atoms with E-state index >= 15 is 0 Å². The van der Waals surface area contributed by atoms with Crippen LogP contribution in [0.5, 0.6) is 0 Å². The molecule has 1 saturated heterocycles. The van der Waals surface area contributed by atoms with Crippen molar-refractivity contribution in [3.05, 3.63) is 60.4 Å². The zero-order valence-electron chi connectivity index (χ0n) is 16.7. The predicted octanol–water partition coefficient (Wildman–Crippen LogP) is 4.31. The van der Waals surface area contributed by atoms with Gasteiger partial charge in [0.1, 0.15) is 11.6 Å². The highest BCUT2D eigenvalue weighted by molar-refractivity contribution is 5.84. The second-order valence-corrected chi connectivity index (χ2v) is 8.49. The van der Waals surface area contributed by atoms with Gasteiger partial charge >= 0.3 is 5.97 Å². The third-order valence-electron chi connectivity index (χ3n) is 6.74. The zero-order chi connectivity index (χ0) is 19.9. The first kappa shape index (κ1) is 18.9. The molecule has 4 nitrogen and oxygen atoms in total. The van der Waals surface area contributed by atoms with Crippen LogP contribution in [0.3, 0.4) is 0 Å². The summed E-state index contributed by atoms with van der Waals surface area (Å²) in [6, 6.07) is 14.3. The Morgan fingerprint density at radius 1 is 1.11 bits per heavy atom.